The van der Waals surface area contributed by atoms with Crippen LogP contribution in [0, 0.1) is 15.9 Å². The predicted octanol–water partition coefficient (Wildman–Crippen LogP) is 2.78. The molecule has 6 nitrogen and oxygen atoms in total. The number of ether oxygens (including phenoxy) is 1. The summed E-state index contributed by atoms with van der Waals surface area (Å²) in [6, 6.07) is 1.61. The molecule has 1 aromatic rings. The average Bonchev–Trinajstić information content (AvgIpc) is 2.37. The summed E-state index contributed by atoms with van der Waals surface area (Å²) in [6.45, 7) is 3.22. The van der Waals surface area contributed by atoms with E-state index in [0.29, 0.717) is 0 Å². The Bertz CT molecular complexity index is 536. The minimum absolute atomic E-state index is 0.0164. The molecule has 0 radical (unpaired) electrons. The second-order valence-corrected chi connectivity index (χ2v) is 4.72. The number of hydrogen-bond donors (Lipinski definition) is 0. The Labute approximate surface area is 120 Å². The van der Waals surface area contributed by atoms with E-state index in [-0.39, 0.29) is 29.0 Å². The molecule has 1 aromatic carbocycles. The number of nitro benzene ring substituents is 1. The minimum Gasteiger partial charge on any atom is -0.468 e. The molecule has 110 valence electrons. The van der Waals surface area contributed by atoms with Gasteiger partial charge in [0.2, 0.25) is 0 Å². The van der Waals surface area contributed by atoms with Gasteiger partial charge in [-0.25, -0.2) is 4.39 Å². The van der Waals surface area contributed by atoms with Gasteiger partial charge in [-0.05, 0) is 13.8 Å². The number of benzene rings is 1. The Morgan fingerprint density at radius 2 is 2.15 bits per heavy atom. The number of halogens is 2. The SMILES string of the molecule is COC(=O)CN(c1cc(F)c(Cl)cc1[N+](=O)[O-])C(C)C. The lowest BCUT2D eigenvalue weighted by atomic mass is 10.2. The molecule has 0 aliphatic carbocycles. The third-order valence-electron chi connectivity index (χ3n) is 2.67. The van der Waals surface area contributed by atoms with Crippen LogP contribution in [0.4, 0.5) is 15.8 Å². The van der Waals surface area contributed by atoms with Crippen molar-refractivity contribution in [3.8, 4) is 0 Å². The summed E-state index contributed by atoms with van der Waals surface area (Å²) in [5, 5.41) is 10.7. The van der Waals surface area contributed by atoms with Gasteiger partial charge in [0.25, 0.3) is 5.69 Å². The predicted molar refractivity (Wildman–Crippen MR) is 72.6 cm³/mol. The number of hydrogen-bond acceptors (Lipinski definition) is 5. The zero-order valence-electron chi connectivity index (χ0n) is 11.2. The van der Waals surface area contributed by atoms with E-state index in [0.717, 1.165) is 12.1 Å². The van der Waals surface area contributed by atoms with Crippen LogP contribution in [-0.4, -0.2) is 30.6 Å². The standard InChI is InChI=1S/C12H14ClFN2O4/c1-7(2)15(6-12(17)20-3)10-5-9(14)8(13)4-11(10)16(18)19/h4-5,7H,6H2,1-3H3. The van der Waals surface area contributed by atoms with Gasteiger partial charge in [-0.2, -0.15) is 0 Å². The maximum atomic E-state index is 13.6. The van der Waals surface area contributed by atoms with E-state index in [4.69, 9.17) is 11.6 Å². The van der Waals surface area contributed by atoms with Crippen molar-refractivity contribution in [2.75, 3.05) is 18.6 Å². The summed E-state index contributed by atoms with van der Waals surface area (Å²) >= 11 is 5.56. The Balaban J connectivity index is 3.35. The molecule has 0 saturated carbocycles. The van der Waals surface area contributed by atoms with Crippen molar-refractivity contribution in [3.63, 3.8) is 0 Å². The molecule has 0 aliphatic rings. The van der Waals surface area contributed by atoms with Crippen molar-refractivity contribution >= 4 is 28.9 Å². The molecule has 20 heavy (non-hydrogen) atoms. The van der Waals surface area contributed by atoms with Gasteiger partial charge < -0.3 is 9.64 Å². The molecule has 0 aromatic heterocycles. The molecule has 0 saturated heterocycles. The fraction of sp³-hybridized carbons (Fsp3) is 0.417. The summed E-state index contributed by atoms with van der Waals surface area (Å²) in [6.07, 6.45) is 0. The Kier molecular flexibility index (Phi) is 5.26. The summed E-state index contributed by atoms with van der Waals surface area (Å²) < 4.78 is 18.1. The molecule has 0 bridgehead atoms. The first-order valence-corrected chi connectivity index (χ1v) is 6.12. The molecule has 0 amide bonds. The van der Waals surface area contributed by atoms with E-state index in [1.807, 2.05) is 0 Å². The van der Waals surface area contributed by atoms with Gasteiger partial charge in [0, 0.05) is 18.2 Å². The number of nitrogens with zero attached hydrogens (tertiary/aromatic N) is 2. The van der Waals surface area contributed by atoms with Crippen LogP contribution in [0.25, 0.3) is 0 Å². The molecule has 0 N–H and O–H groups in total. The number of carbonyl (C=O) groups excluding carboxylic acids is 1. The lowest BCUT2D eigenvalue weighted by molar-refractivity contribution is -0.384. The third-order valence-corrected chi connectivity index (χ3v) is 2.96. The average molecular weight is 305 g/mol. The molecule has 0 unspecified atom stereocenters. The first-order valence-electron chi connectivity index (χ1n) is 5.74. The molecule has 0 heterocycles. The monoisotopic (exact) mass is 304 g/mol. The largest absolute Gasteiger partial charge is 0.468 e. The lowest BCUT2D eigenvalue weighted by Gasteiger charge is -2.27. The summed E-state index contributed by atoms with van der Waals surface area (Å²) in [7, 11) is 1.21. The van der Waals surface area contributed by atoms with E-state index < -0.39 is 16.7 Å². The second kappa shape index (κ2) is 6.51. The van der Waals surface area contributed by atoms with E-state index in [2.05, 4.69) is 4.74 Å². The number of esters is 1. The highest BCUT2D eigenvalue weighted by Gasteiger charge is 2.26. The van der Waals surface area contributed by atoms with Gasteiger partial charge in [0.1, 0.15) is 18.0 Å². The molecule has 0 atom stereocenters. The van der Waals surface area contributed by atoms with Crippen LogP contribution in [0.3, 0.4) is 0 Å². The Hall–Kier alpha value is -1.89. The normalized spacial score (nSPS) is 10.5. The van der Waals surface area contributed by atoms with Gasteiger partial charge in [-0.1, -0.05) is 11.6 Å². The van der Waals surface area contributed by atoms with E-state index in [1.165, 1.54) is 12.0 Å². The summed E-state index contributed by atoms with van der Waals surface area (Å²) in [5.74, 6) is -1.37. The Morgan fingerprint density at radius 3 is 2.60 bits per heavy atom. The zero-order valence-corrected chi connectivity index (χ0v) is 12.0. The van der Waals surface area contributed by atoms with E-state index >= 15 is 0 Å². The molecular weight excluding hydrogens is 291 g/mol. The van der Waals surface area contributed by atoms with Gasteiger partial charge in [0.15, 0.2) is 0 Å². The number of rotatable bonds is 5. The first kappa shape index (κ1) is 16.2. The summed E-state index contributed by atoms with van der Waals surface area (Å²) in [5.41, 5.74) is -0.383. The molecule has 8 heteroatoms. The van der Waals surface area contributed by atoms with Gasteiger partial charge >= 0.3 is 5.97 Å². The smallest absolute Gasteiger partial charge is 0.325 e. The van der Waals surface area contributed by atoms with E-state index in [9.17, 15) is 19.3 Å². The number of methoxy groups -OCH3 is 1. The lowest BCUT2D eigenvalue weighted by Crippen LogP contribution is -2.36. The molecule has 0 spiro atoms. The first-order chi connectivity index (χ1) is 9.27. The summed E-state index contributed by atoms with van der Waals surface area (Å²) in [4.78, 5) is 23.1. The van der Waals surface area contributed by atoms with Crippen LogP contribution in [0.2, 0.25) is 5.02 Å². The Morgan fingerprint density at radius 1 is 1.55 bits per heavy atom. The van der Waals surface area contributed by atoms with E-state index in [1.54, 1.807) is 13.8 Å². The fourth-order valence-corrected chi connectivity index (χ4v) is 1.81. The highest BCUT2D eigenvalue weighted by atomic mass is 35.5. The number of nitro groups is 1. The van der Waals surface area contributed by atoms with Crippen LogP contribution in [-0.2, 0) is 9.53 Å². The molecular formula is C12H14ClFN2O4. The maximum Gasteiger partial charge on any atom is 0.325 e. The third kappa shape index (κ3) is 3.57. The zero-order chi connectivity index (χ0) is 15.4. The van der Waals surface area contributed by atoms with Crippen LogP contribution in [0.5, 0.6) is 0 Å². The number of carbonyl (C=O) groups is 1. The topological polar surface area (TPSA) is 72.7 Å². The van der Waals surface area contributed by atoms with Crippen molar-refractivity contribution in [2.24, 2.45) is 0 Å². The molecule has 1 rings (SSSR count). The van der Waals surface area contributed by atoms with Crippen molar-refractivity contribution in [1.29, 1.82) is 0 Å². The quantitative estimate of drug-likeness (QED) is 0.475. The van der Waals surface area contributed by atoms with Gasteiger partial charge in [-0.3, -0.25) is 14.9 Å². The van der Waals surface area contributed by atoms with Crippen LogP contribution < -0.4 is 4.90 Å². The molecule has 0 aliphatic heterocycles. The van der Waals surface area contributed by atoms with Crippen LogP contribution in [0.15, 0.2) is 12.1 Å². The highest BCUT2D eigenvalue weighted by Crippen LogP contribution is 2.34. The fourth-order valence-electron chi connectivity index (χ4n) is 1.65. The molecule has 0 fully saturated rings. The number of anilines is 1. The van der Waals surface area contributed by atoms with Crippen LogP contribution >= 0.6 is 11.6 Å². The second-order valence-electron chi connectivity index (χ2n) is 4.31. The van der Waals surface area contributed by atoms with Crippen molar-refractivity contribution in [3.05, 3.63) is 33.1 Å². The van der Waals surface area contributed by atoms with Crippen molar-refractivity contribution in [1.82, 2.24) is 0 Å². The minimum atomic E-state index is -0.789. The van der Waals surface area contributed by atoms with Crippen LogP contribution in [0.1, 0.15) is 13.8 Å². The highest BCUT2D eigenvalue weighted by molar-refractivity contribution is 6.31. The van der Waals surface area contributed by atoms with Gasteiger partial charge in [-0.15, -0.1) is 0 Å². The van der Waals surface area contributed by atoms with Crippen molar-refractivity contribution in [2.45, 2.75) is 19.9 Å². The maximum absolute atomic E-state index is 13.6. The van der Waals surface area contributed by atoms with Gasteiger partial charge in [0.05, 0.1) is 17.1 Å². The van der Waals surface area contributed by atoms with Crippen molar-refractivity contribution < 1.29 is 18.8 Å².